The molecule has 7 heteroatoms. The summed E-state index contributed by atoms with van der Waals surface area (Å²) in [7, 11) is 0. The van der Waals surface area contributed by atoms with Gasteiger partial charge in [0.1, 0.15) is 18.4 Å². The maximum absolute atomic E-state index is 10.6. The second kappa shape index (κ2) is 5.58. The highest BCUT2D eigenvalue weighted by Crippen LogP contribution is 2.18. The lowest BCUT2D eigenvalue weighted by Crippen LogP contribution is -2.13. The number of aromatic nitrogens is 4. The van der Waals surface area contributed by atoms with E-state index >= 15 is 0 Å². The van der Waals surface area contributed by atoms with E-state index in [1.54, 1.807) is 6.33 Å². The molecule has 1 aromatic carbocycles. The fraction of sp³-hybridized carbons (Fsp3) is 0.143. The average molecular weight is 283 g/mol. The minimum atomic E-state index is -0.953. The van der Waals surface area contributed by atoms with Crippen molar-refractivity contribution in [2.75, 3.05) is 11.9 Å². The second-order valence-corrected chi connectivity index (χ2v) is 4.50. The molecule has 2 heterocycles. The molecule has 0 aliphatic rings. The number of hydrogen-bond acceptors (Lipinski definition) is 5. The molecule has 0 aliphatic heterocycles. The SMILES string of the molecule is O=C(O)CNc1ncnc2c1ncn2Cc1ccccc1. The zero-order chi connectivity index (χ0) is 14.7. The van der Waals surface area contributed by atoms with Gasteiger partial charge in [0.05, 0.1) is 12.9 Å². The molecule has 21 heavy (non-hydrogen) atoms. The van der Waals surface area contributed by atoms with Crippen LogP contribution in [-0.2, 0) is 11.3 Å². The smallest absolute Gasteiger partial charge is 0.322 e. The summed E-state index contributed by atoms with van der Waals surface area (Å²) in [6.45, 7) is 0.435. The molecule has 2 N–H and O–H groups in total. The van der Waals surface area contributed by atoms with Gasteiger partial charge in [-0.2, -0.15) is 0 Å². The van der Waals surface area contributed by atoms with Crippen LogP contribution in [-0.4, -0.2) is 37.1 Å². The molecule has 3 rings (SSSR count). The van der Waals surface area contributed by atoms with E-state index in [9.17, 15) is 4.79 Å². The molecule has 106 valence electrons. The molecule has 2 aromatic heterocycles. The lowest BCUT2D eigenvalue weighted by molar-refractivity contribution is -0.134. The van der Waals surface area contributed by atoms with E-state index in [1.807, 2.05) is 34.9 Å². The molecule has 7 nitrogen and oxygen atoms in total. The molecule has 0 atom stereocenters. The Morgan fingerprint density at radius 2 is 2.00 bits per heavy atom. The van der Waals surface area contributed by atoms with E-state index in [0.29, 0.717) is 23.5 Å². The van der Waals surface area contributed by atoms with Crippen molar-refractivity contribution in [1.82, 2.24) is 19.5 Å². The van der Waals surface area contributed by atoms with E-state index in [-0.39, 0.29) is 6.54 Å². The van der Waals surface area contributed by atoms with Crippen LogP contribution >= 0.6 is 0 Å². The first-order valence-electron chi connectivity index (χ1n) is 6.39. The Kier molecular flexibility index (Phi) is 3.46. The standard InChI is InChI=1S/C14H13N5O2/c20-11(21)6-15-13-12-14(17-8-16-13)19(9-18-12)7-10-4-2-1-3-5-10/h1-5,8-9H,6-7H2,(H,20,21)(H,15,16,17). The van der Waals surface area contributed by atoms with Crippen LogP contribution in [0.25, 0.3) is 11.2 Å². The molecule has 0 unspecified atom stereocenters. The Morgan fingerprint density at radius 3 is 2.76 bits per heavy atom. The fourth-order valence-corrected chi connectivity index (χ4v) is 2.07. The van der Waals surface area contributed by atoms with Crippen molar-refractivity contribution in [3.8, 4) is 0 Å². The molecule has 0 fully saturated rings. The predicted octanol–water partition coefficient (Wildman–Crippen LogP) is 1.37. The van der Waals surface area contributed by atoms with Crippen molar-refractivity contribution in [3.63, 3.8) is 0 Å². The highest BCUT2D eigenvalue weighted by atomic mass is 16.4. The number of aliphatic carboxylic acids is 1. The number of benzene rings is 1. The van der Waals surface area contributed by atoms with Gasteiger partial charge in [-0.15, -0.1) is 0 Å². The minimum absolute atomic E-state index is 0.211. The molecule has 0 spiro atoms. The van der Waals surface area contributed by atoms with Crippen LogP contribution in [0.4, 0.5) is 5.82 Å². The number of nitrogens with zero attached hydrogens (tertiary/aromatic N) is 4. The molecular formula is C14H13N5O2. The molecule has 0 amide bonds. The van der Waals surface area contributed by atoms with Crippen LogP contribution in [0.2, 0.25) is 0 Å². The molecule has 0 saturated carbocycles. The van der Waals surface area contributed by atoms with Crippen molar-refractivity contribution in [1.29, 1.82) is 0 Å². The average Bonchev–Trinajstić information content (AvgIpc) is 2.90. The van der Waals surface area contributed by atoms with Gasteiger partial charge >= 0.3 is 5.97 Å². The summed E-state index contributed by atoms with van der Waals surface area (Å²) < 4.78 is 1.90. The molecule has 0 radical (unpaired) electrons. The number of rotatable bonds is 5. The third-order valence-corrected chi connectivity index (χ3v) is 3.00. The number of carboxylic acid groups (broad SMARTS) is 1. The van der Waals surface area contributed by atoms with Gasteiger partial charge in [-0.05, 0) is 5.56 Å². The Balaban J connectivity index is 1.91. The van der Waals surface area contributed by atoms with Gasteiger partial charge in [-0.1, -0.05) is 30.3 Å². The highest BCUT2D eigenvalue weighted by Gasteiger charge is 2.10. The minimum Gasteiger partial charge on any atom is -0.480 e. The van der Waals surface area contributed by atoms with Gasteiger partial charge in [-0.25, -0.2) is 15.0 Å². The second-order valence-electron chi connectivity index (χ2n) is 4.50. The quantitative estimate of drug-likeness (QED) is 0.734. The zero-order valence-corrected chi connectivity index (χ0v) is 11.1. The largest absolute Gasteiger partial charge is 0.480 e. The van der Waals surface area contributed by atoms with Crippen LogP contribution in [0.1, 0.15) is 5.56 Å². The topological polar surface area (TPSA) is 92.9 Å². The van der Waals surface area contributed by atoms with E-state index in [2.05, 4.69) is 20.3 Å². The summed E-state index contributed by atoms with van der Waals surface area (Å²) in [4.78, 5) is 23.2. The van der Waals surface area contributed by atoms with E-state index in [4.69, 9.17) is 5.11 Å². The lowest BCUT2D eigenvalue weighted by Gasteiger charge is -2.05. The summed E-state index contributed by atoms with van der Waals surface area (Å²) in [6.07, 6.45) is 3.08. The Hall–Kier alpha value is -2.96. The highest BCUT2D eigenvalue weighted by molar-refractivity contribution is 5.84. The van der Waals surface area contributed by atoms with E-state index in [1.165, 1.54) is 6.33 Å². The Bertz CT molecular complexity index is 769. The summed E-state index contributed by atoms with van der Waals surface area (Å²) in [5.74, 6) is -0.528. The maximum Gasteiger partial charge on any atom is 0.322 e. The monoisotopic (exact) mass is 283 g/mol. The lowest BCUT2D eigenvalue weighted by atomic mass is 10.2. The summed E-state index contributed by atoms with van der Waals surface area (Å²) in [6, 6.07) is 9.96. The maximum atomic E-state index is 10.6. The van der Waals surface area contributed by atoms with Crippen molar-refractivity contribution in [2.24, 2.45) is 0 Å². The van der Waals surface area contributed by atoms with E-state index in [0.717, 1.165) is 5.56 Å². The van der Waals surface area contributed by atoms with Gasteiger partial charge in [0.25, 0.3) is 0 Å². The van der Waals surface area contributed by atoms with Gasteiger partial charge in [-0.3, -0.25) is 4.79 Å². The first-order valence-corrected chi connectivity index (χ1v) is 6.39. The Morgan fingerprint density at radius 1 is 1.19 bits per heavy atom. The fourth-order valence-electron chi connectivity index (χ4n) is 2.07. The van der Waals surface area contributed by atoms with Crippen LogP contribution in [0.15, 0.2) is 43.0 Å². The van der Waals surface area contributed by atoms with Crippen LogP contribution < -0.4 is 5.32 Å². The first kappa shape index (κ1) is 13.0. The normalized spacial score (nSPS) is 10.7. The van der Waals surface area contributed by atoms with Gasteiger partial charge in [0.2, 0.25) is 0 Å². The summed E-state index contributed by atoms with van der Waals surface area (Å²) in [5.41, 5.74) is 2.37. The summed E-state index contributed by atoms with van der Waals surface area (Å²) >= 11 is 0. The third-order valence-electron chi connectivity index (χ3n) is 3.00. The molecule has 3 aromatic rings. The van der Waals surface area contributed by atoms with Crippen LogP contribution in [0.5, 0.6) is 0 Å². The number of fused-ring (bicyclic) bond motifs is 1. The molecule has 0 bridgehead atoms. The number of nitrogens with one attached hydrogen (secondary N) is 1. The Labute approximate surface area is 120 Å². The number of hydrogen-bond donors (Lipinski definition) is 2. The zero-order valence-electron chi connectivity index (χ0n) is 11.1. The van der Waals surface area contributed by atoms with Crippen molar-refractivity contribution in [2.45, 2.75) is 6.54 Å². The van der Waals surface area contributed by atoms with Gasteiger partial charge in [0.15, 0.2) is 11.5 Å². The van der Waals surface area contributed by atoms with Crippen molar-refractivity contribution >= 4 is 23.0 Å². The van der Waals surface area contributed by atoms with Crippen LogP contribution in [0.3, 0.4) is 0 Å². The van der Waals surface area contributed by atoms with E-state index < -0.39 is 5.97 Å². The van der Waals surface area contributed by atoms with Gasteiger partial charge in [0, 0.05) is 0 Å². The summed E-state index contributed by atoms with van der Waals surface area (Å²) in [5, 5.41) is 11.5. The number of carbonyl (C=O) groups is 1. The number of imidazole rings is 1. The van der Waals surface area contributed by atoms with Crippen LogP contribution in [0, 0.1) is 0 Å². The number of carboxylic acids is 1. The van der Waals surface area contributed by atoms with Crippen molar-refractivity contribution in [3.05, 3.63) is 48.5 Å². The molecule has 0 saturated heterocycles. The first-order chi connectivity index (χ1) is 10.2. The molecular weight excluding hydrogens is 270 g/mol. The molecule has 0 aliphatic carbocycles. The van der Waals surface area contributed by atoms with Crippen molar-refractivity contribution < 1.29 is 9.90 Å². The third kappa shape index (κ3) is 2.81. The number of anilines is 1. The van der Waals surface area contributed by atoms with Gasteiger partial charge < -0.3 is 15.0 Å². The predicted molar refractivity (Wildman–Crippen MR) is 77.0 cm³/mol.